The molecule has 0 radical (unpaired) electrons. The molecule has 1 rings (SSSR count). The number of carbonyl (C=O) groups is 1. The second kappa shape index (κ2) is 5.73. The third-order valence-corrected chi connectivity index (χ3v) is 3.02. The van der Waals surface area contributed by atoms with Crippen molar-refractivity contribution in [2.75, 3.05) is 6.61 Å². The van der Waals surface area contributed by atoms with Gasteiger partial charge in [-0.05, 0) is 31.9 Å². The minimum Gasteiger partial charge on any atom is -0.508 e. The van der Waals surface area contributed by atoms with Gasteiger partial charge >= 0.3 is 0 Å². The van der Waals surface area contributed by atoms with Gasteiger partial charge in [-0.2, -0.15) is 0 Å². The Morgan fingerprint density at radius 3 is 2.28 bits per heavy atom. The van der Waals surface area contributed by atoms with Gasteiger partial charge < -0.3 is 20.6 Å². The lowest BCUT2D eigenvalue weighted by Crippen LogP contribution is -2.46. The number of carbonyl (C=O) groups excluding carboxylic acids is 1. The molecule has 0 aliphatic rings. The second-order valence-corrected chi connectivity index (χ2v) is 4.58. The number of amides is 1. The molecule has 0 saturated carbocycles. The molecule has 5 heteroatoms. The van der Waals surface area contributed by atoms with Gasteiger partial charge in [0.25, 0.3) is 5.91 Å². The fourth-order valence-electron chi connectivity index (χ4n) is 1.65. The highest BCUT2D eigenvalue weighted by Crippen LogP contribution is 2.21. The molecule has 0 fully saturated rings. The number of aromatic hydroxyl groups is 2. The normalized spacial score (nSPS) is 13.9. The predicted molar refractivity (Wildman–Crippen MR) is 67.6 cm³/mol. The highest BCUT2D eigenvalue weighted by molar-refractivity contribution is 5.95. The molecule has 0 spiro atoms. The summed E-state index contributed by atoms with van der Waals surface area (Å²) in [5.74, 6) is -0.722. The number of hydrogen-bond donors (Lipinski definition) is 4. The van der Waals surface area contributed by atoms with Gasteiger partial charge in [-0.3, -0.25) is 4.79 Å². The van der Waals surface area contributed by atoms with E-state index in [1.807, 2.05) is 13.8 Å². The summed E-state index contributed by atoms with van der Waals surface area (Å²) in [6.45, 7) is 3.73. The summed E-state index contributed by atoms with van der Waals surface area (Å²) in [6.07, 6.45) is 1.12. The van der Waals surface area contributed by atoms with E-state index in [0.29, 0.717) is 12.8 Å². The van der Waals surface area contributed by atoms with Crippen molar-refractivity contribution in [3.63, 3.8) is 0 Å². The lowest BCUT2D eigenvalue weighted by molar-refractivity contribution is 0.0885. The van der Waals surface area contributed by atoms with E-state index < -0.39 is 5.54 Å². The van der Waals surface area contributed by atoms with Crippen LogP contribution in [0.3, 0.4) is 0 Å². The van der Waals surface area contributed by atoms with Gasteiger partial charge in [-0.1, -0.05) is 6.92 Å². The molecule has 0 aliphatic heterocycles. The molecule has 100 valence electrons. The van der Waals surface area contributed by atoms with Gasteiger partial charge in [-0.25, -0.2) is 0 Å². The monoisotopic (exact) mass is 253 g/mol. The molecule has 1 amide bonds. The molecule has 0 aromatic heterocycles. The van der Waals surface area contributed by atoms with Crippen molar-refractivity contribution in [2.45, 2.75) is 32.2 Å². The minimum absolute atomic E-state index is 0.0179. The Hall–Kier alpha value is -1.75. The first-order valence-corrected chi connectivity index (χ1v) is 5.86. The molecular formula is C13H19NO4. The lowest BCUT2D eigenvalue weighted by atomic mass is 9.94. The molecule has 18 heavy (non-hydrogen) atoms. The lowest BCUT2D eigenvalue weighted by Gasteiger charge is -2.29. The van der Waals surface area contributed by atoms with Gasteiger partial charge in [0.2, 0.25) is 0 Å². The third-order valence-electron chi connectivity index (χ3n) is 3.02. The molecule has 0 aliphatic carbocycles. The molecule has 0 saturated heterocycles. The first kappa shape index (κ1) is 14.3. The van der Waals surface area contributed by atoms with Crippen molar-refractivity contribution in [1.82, 2.24) is 5.32 Å². The SMILES string of the molecule is CCC(C)(CCO)NC(=O)c1cc(O)cc(O)c1. The van der Waals surface area contributed by atoms with E-state index in [1.54, 1.807) is 0 Å². The van der Waals surface area contributed by atoms with E-state index in [4.69, 9.17) is 5.11 Å². The minimum atomic E-state index is -0.507. The van der Waals surface area contributed by atoms with E-state index in [1.165, 1.54) is 12.1 Å². The molecule has 5 nitrogen and oxygen atoms in total. The number of aliphatic hydroxyl groups excluding tert-OH is 1. The van der Waals surface area contributed by atoms with E-state index in [-0.39, 0.29) is 29.6 Å². The van der Waals surface area contributed by atoms with Crippen LogP contribution in [0.2, 0.25) is 0 Å². The summed E-state index contributed by atoms with van der Waals surface area (Å²) < 4.78 is 0. The van der Waals surface area contributed by atoms with Gasteiger partial charge in [-0.15, -0.1) is 0 Å². The number of phenols is 2. The van der Waals surface area contributed by atoms with Gasteiger partial charge in [0.05, 0.1) is 0 Å². The predicted octanol–water partition coefficient (Wildman–Crippen LogP) is 1.38. The van der Waals surface area contributed by atoms with E-state index in [0.717, 1.165) is 6.07 Å². The Bertz CT molecular complexity index is 413. The van der Waals surface area contributed by atoms with Crippen LogP contribution in [-0.4, -0.2) is 33.4 Å². The smallest absolute Gasteiger partial charge is 0.251 e. The standard InChI is InChI=1S/C13H19NO4/c1-3-13(2,4-5-15)14-12(18)9-6-10(16)8-11(17)7-9/h6-8,15-17H,3-5H2,1-2H3,(H,14,18). The Morgan fingerprint density at radius 1 is 1.28 bits per heavy atom. The van der Waals surface area contributed by atoms with Crippen molar-refractivity contribution in [1.29, 1.82) is 0 Å². The van der Waals surface area contributed by atoms with Crippen molar-refractivity contribution >= 4 is 5.91 Å². The molecule has 1 aromatic carbocycles. The van der Waals surface area contributed by atoms with Crippen molar-refractivity contribution < 1.29 is 20.1 Å². The number of nitrogens with one attached hydrogen (secondary N) is 1. The van der Waals surface area contributed by atoms with Crippen LogP contribution in [0.4, 0.5) is 0 Å². The summed E-state index contributed by atoms with van der Waals surface area (Å²) in [4.78, 5) is 12.0. The van der Waals surface area contributed by atoms with E-state index in [9.17, 15) is 15.0 Å². The van der Waals surface area contributed by atoms with Gasteiger partial charge in [0, 0.05) is 23.8 Å². The summed E-state index contributed by atoms with van der Waals surface area (Å²) in [5, 5.41) is 30.4. The van der Waals surface area contributed by atoms with Crippen LogP contribution >= 0.6 is 0 Å². The number of benzene rings is 1. The average molecular weight is 253 g/mol. The Morgan fingerprint density at radius 2 is 1.83 bits per heavy atom. The summed E-state index contributed by atoms with van der Waals surface area (Å²) in [6, 6.07) is 3.72. The van der Waals surface area contributed by atoms with Crippen LogP contribution in [-0.2, 0) is 0 Å². The number of phenolic OH excluding ortho intramolecular Hbond substituents is 2. The quantitative estimate of drug-likeness (QED) is 0.638. The number of rotatable bonds is 5. The molecule has 1 unspecified atom stereocenters. The van der Waals surface area contributed by atoms with Crippen molar-refractivity contribution in [2.24, 2.45) is 0 Å². The Kier molecular flexibility index (Phi) is 4.55. The largest absolute Gasteiger partial charge is 0.508 e. The molecule has 4 N–H and O–H groups in total. The molecular weight excluding hydrogens is 234 g/mol. The van der Waals surface area contributed by atoms with E-state index >= 15 is 0 Å². The van der Waals surface area contributed by atoms with E-state index in [2.05, 4.69) is 5.32 Å². The number of hydrogen-bond acceptors (Lipinski definition) is 4. The van der Waals surface area contributed by atoms with Crippen LogP contribution in [0.1, 0.15) is 37.0 Å². The maximum atomic E-state index is 12.0. The zero-order valence-corrected chi connectivity index (χ0v) is 10.6. The van der Waals surface area contributed by atoms with Gasteiger partial charge in [0.1, 0.15) is 11.5 Å². The summed E-state index contributed by atoms with van der Waals surface area (Å²) >= 11 is 0. The zero-order valence-electron chi connectivity index (χ0n) is 10.6. The Balaban J connectivity index is 2.87. The van der Waals surface area contributed by atoms with Crippen LogP contribution in [0.15, 0.2) is 18.2 Å². The first-order chi connectivity index (χ1) is 8.40. The maximum absolute atomic E-state index is 12.0. The molecule has 1 aromatic rings. The number of aliphatic hydroxyl groups is 1. The summed E-state index contributed by atoms with van der Waals surface area (Å²) in [5.41, 5.74) is -0.322. The Labute approximate surface area is 106 Å². The first-order valence-electron chi connectivity index (χ1n) is 5.86. The zero-order chi connectivity index (χ0) is 13.8. The molecule has 0 heterocycles. The van der Waals surface area contributed by atoms with Crippen LogP contribution in [0, 0.1) is 0 Å². The van der Waals surface area contributed by atoms with Crippen molar-refractivity contribution in [3.8, 4) is 11.5 Å². The fourth-order valence-corrected chi connectivity index (χ4v) is 1.65. The van der Waals surface area contributed by atoms with Crippen LogP contribution < -0.4 is 5.32 Å². The average Bonchev–Trinajstić information content (AvgIpc) is 2.28. The van der Waals surface area contributed by atoms with Crippen molar-refractivity contribution in [3.05, 3.63) is 23.8 Å². The molecule has 0 bridgehead atoms. The topological polar surface area (TPSA) is 89.8 Å². The van der Waals surface area contributed by atoms with Crippen LogP contribution in [0.5, 0.6) is 11.5 Å². The second-order valence-electron chi connectivity index (χ2n) is 4.58. The van der Waals surface area contributed by atoms with Crippen LogP contribution in [0.25, 0.3) is 0 Å². The third kappa shape index (κ3) is 3.63. The summed E-state index contributed by atoms with van der Waals surface area (Å²) in [7, 11) is 0. The highest BCUT2D eigenvalue weighted by atomic mass is 16.3. The fraction of sp³-hybridized carbons (Fsp3) is 0.462. The van der Waals surface area contributed by atoms with Gasteiger partial charge in [0.15, 0.2) is 0 Å². The maximum Gasteiger partial charge on any atom is 0.251 e. The highest BCUT2D eigenvalue weighted by Gasteiger charge is 2.24. The molecule has 1 atom stereocenters.